The first-order valence-electron chi connectivity index (χ1n) is 6.62. The van der Waals surface area contributed by atoms with Gasteiger partial charge in [-0.25, -0.2) is 0 Å². The highest BCUT2D eigenvalue weighted by atomic mass is 16.5. The molecule has 1 aromatic rings. The summed E-state index contributed by atoms with van der Waals surface area (Å²) in [7, 11) is 0. The molecule has 1 heterocycles. The fourth-order valence-corrected chi connectivity index (χ4v) is 1.91. The molecule has 6 nitrogen and oxygen atoms in total. The molecule has 1 unspecified atom stereocenters. The van der Waals surface area contributed by atoms with E-state index in [1.807, 2.05) is 6.92 Å². The van der Waals surface area contributed by atoms with Crippen molar-refractivity contribution in [3.8, 4) is 5.88 Å². The van der Waals surface area contributed by atoms with Crippen molar-refractivity contribution in [1.82, 2.24) is 9.97 Å². The molecule has 104 valence electrons. The normalized spacial score (nSPS) is 15.8. The molecule has 6 heteroatoms. The molecule has 1 fully saturated rings. The highest BCUT2D eigenvalue weighted by Gasteiger charge is 2.32. The summed E-state index contributed by atoms with van der Waals surface area (Å²) >= 11 is 0. The van der Waals surface area contributed by atoms with Crippen LogP contribution in [0.3, 0.4) is 0 Å². The first-order valence-corrected chi connectivity index (χ1v) is 6.62. The van der Waals surface area contributed by atoms with E-state index in [0.717, 1.165) is 19.3 Å². The summed E-state index contributed by atoms with van der Waals surface area (Å²) in [4.78, 5) is 19.2. The van der Waals surface area contributed by atoms with Crippen LogP contribution in [0.15, 0.2) is 12.4 Å². The van der Waals surface area contributed by atoms with Crippen molar-refractivity contribution in [2.75, 3.05) is 11.9 Å². The molecule has 2 rings (SSSR count). The van der Waals surface area contributed by atoms with Crippen LogP contribution in [0.4, 0.5) is 5.82 Å². The number of carboxylic acid groups (broad SMARTS) is 1. The van der Waals surface area contributed by atoms with Gasteiger partial charge in [0.2, 0.25) is 5.88 Å². The maximum Gasteiger partial charge on any atom is 0.305 e. The smallest absolute Gasteiger partial charge is 0.305 e. The predicted molar refractivity (Wildman–Crippen MR) is 70.2 cm³/mol. The van der Waals surface area contributed by atoms with E-state index < -0.39 is 5.97 Å². The number of hydrogen-bond donors (Lipinski definition) is 2. The van der Waals surface area contributed by atoms with Crippen LogP contribution in [0.5, 0.6) is 5.88 Å². The van der Waals surface area contributed by atoms with Gasteiger partial charge in [-0.3, -0.25) is 9.78 Å². The Labute approximate surface area is 112 Å². The Bertz CT molecular complexity index is 435. The van der Waals surface area contributed by atoms with Gasteiger partial charge in [0, 0.05) is 6.04 Å². The molecule has 0 amide bonds. The zero-order valence-corrected chi connectivity index (χ0v) is 11.0. The van der Waals surface area contributed by atoms with Crippen LogP contribution in [0.25, 0.3) is 0 Å². The summed E-state index contributed by atoms with van der Waals surface area (Å²) in [6, 6.07) is -0.0757. The zero-order valence-electron chi connectivity index (χ0n) is 11.0. The van der Waals surface area contributed by atoms with Crippen LogP contribution in [0.2, 0.25) is 0 Å². The van der Waals surface area contributed by atoms with E-state index in [0.29, 0.717) is 24.2 Å². The van der Waals surface area contributed by atoms with Gasteiger partial charge in [0.25, 0.3) is 0 Å². The molecule has 0 aromatic carbocycles. The van der Waals surface area contributed by atoms with E-state index in [2.05, 4.69) is 15.3 Å². The largest absolute Gasteiger partial charge is 0.481 e. The van der Waals surface area contributed by atoms with E-state index in [9.17, 15) is 4.79 Å². The number of nitrogens with zero attached hydrogens (tertiary/aromatic N) is 2. The van der Waals surface area contributed by atoms with Crippen molar-refractivity contribution < 1.29 is 14.6 Å². The summed E-state index contributed by atoms with van der Waals surface area (Å²) in [5.41, 5.74) is 0. The fourth-order valence-electron chi connectivity index (χ4n) is 1.91. The number of rotatable bonds is 8. The van der Waals surface area contributed by atoms with Crippen LogP contribution >= 0.6 is 0 Å². The first kappa shape index (κ1) is 13.6. The number of nitrogens with one attached hydrogen (secondary N) is 1. The molecule has 0 radical (unpaired) electrons. The van der Waals surface area contributed by atoms with Gasteiger partial charge in [-0.2, -0.15) is 4.98 Å². The summed E-state index contributed by atoms with van der Waals surface area (Å²) in [6.07, 6.45) is 6.31. The van der Waals surface area contributed by atoms with Crippen molar-refractivity contribution in [2.24, 2.45) is 5.92 Å². The molecule has 1 saturated carbocycles. The monoisotopic (exact) mass is 265 g/mol. The molecule has 2 N–H and O–H groups in total. The molecule has 0 saturated heterocycles. The summed E-state index contributed by atoms with van der Waals surface area (Å²) < 4.78 is 5.40. The summed E-state index contributed by atoms with van der Waals surface area (Å²) in [5.74, 6) is 0.678. The fraction of sp³-hybridized carbons (Fsp3) is 0.615. The quantitative estimate of drug-likeness (QED) is 0.747. The van der Waals surface area contributed by atoms with E-state index in [4.69, 9.17) is 9.84 Å². The van der Waals surface area contributed by atoms with Gasteiger partial charge >= 0.3 is 5.97 Å². The first-order chi connectivity index (χ1) is 9.19. The van der Waals surface area contributed by atoms with Crippen molar-refractivity contribution >= 4 is 11.8 Å². The third-order valence-electron chi connectivity index (χ3n) is 2.99. The lowest BCUT2D eigenvalue weighted by atomic mass is 10.1. The molecule has 1 atom stereocenters. The maximum atomic E-state index is 10.8. The minimum Gasteiger partial charge on any atom is -0.481 e. The molecule has 0 bridgehead atoms. The topological polar surface area (TPSA) is 84.3 Å². The molecule has 1 aromatic heterocycles. The van der Waals surface area contributed by atoms with Crippen LogP contribution in [0, 0.1) is 5.92 Å². The van der Waals surface area contributed by atoms with Crippen molar-refractivity contribution in [3.05, 3.63) is 12.4 Å². The average molecular weight is 265 g/mol. The van der Waals surface area contributed by atoms with Crippen LogP contribution in [-0.2, 0) is 4.79 Å². The zero-order chi connectivity index (χ0) is 13.7. The number of hydrogen-bond acceptors (Lipinski definition) is 5. The molecule has 1 aliphatic rings. The third kappa shape index (κ3) is 4.39. The summed E-state index contributed by atoms with van der Waals surface area (Å²) in [5, 5.41) is 12.1. The number of aromatic nitrogens is 2. The lowest BCUT2D eigenvalue weighted by Crippen LogP contribution is -2.26. The number of aliphatic carboxylic acids is 1. The van der Waals surface area contributed by atoms with Gasteiger partial charge in [0.05, 0.1) is 25.4 Å². The Morgan fingerprint density at radius 2 is 2.37 bits per heavy atom. The van der Waals surface area contributed by atoms with Gasteiger partial charge in [-0.05, 0) is 25.2 Å². The highest BCUT2D eigenvalue weighted by molar-refractivity contribution is 5.68. The minimum atomic E-state index is -0.796. The van der Waals surface area contributed by atoms with E-state index >= 15 is 0 Å². The van der Waals surface area contributed by atoms with Crippen LogP contribution < -0.4 is 10.1 Å². The minimum absolute atomic E-state index is 0.0757. The molecule has 1 aliphatic carbocycles. The number of ether oxygens (including phenoxy) is 1. The van der Waals surface area contributed by atoms with Crippen molar-refractivity contribution in [2.45, 2.75) is 38.6 Å². The van der Waals surface area contributed by atoms with Gasteiger partial charge in [0.15, 0.2) is 0 Å². The lowest BCUT2D eigenvalue weighted by Gasteiger charge is -2.16. The van der Waals surface area contributed by atoms with Crippen molar-refractivity contribution in [3.63, 3.8) is 0 Å². The van der Waals surface area contributed by atoms with Gasteiger partial charge in [0.1, 0.15) is 5.82 Å². The lowest BCUT2D eigenvalue weighted by molar-refractivity contribution is -0.137. The Balaban J connectivity index is 1.97. The SMILES string of the molecule is CCCOc1cncc(NC(CC(=O)O)C2CC2)n1. The number of carbonyl (C=O) groups is 1. The molecule has 0 aliphatic heterocycles. The van der Waals surface area contributed by atoms with Crippen molar-refractivity contribution in [1.29, 1.82) is 0 Å². The average Bonchev–Trinajstić information content (AvgIpc) is 3.20. The molecule has 19 heavy (non-hydrogen) atoms. The second-order valence-electron chi connectivity index (χ2n) is 4.78. The van der Waals surface area contributed by atoms with Gasteiger partial charge in [-0.15, -0.1) is 0 Å². The van der Waals surface area contributed by atoms with Gasteiger partial charge in [-0.1, -0.05) is 6.92 Å². The van der Waals surface area contributed by atoms with E-state index in [1.165, 1.54) is 0 Å². The predicted octanol–water partition coefficient (Wildman–Crippen LogP) is 1.93. The van der Waals surface area contributed by atoms with E-state index in [-0.39, 0.29) is 12.5 Å². The second-order valence-corrected chi connectivity index (χ2v) is 4.78. The summed E-state index contributed by atoms with van der Waals surface area (Å²) in [6.45, 7) is 2.62. The Morgan fingerprint density at radius 1 is 1.58 bits per heavy atom. The highest BCUT2D eigenvalue weighted by Crippen LogP contribution is 2.35. The van der Waals surface area contributed by atoms with Gasteiger partial charge < -0.3 is 15.2 Å². The number of carboxylic acids is 1. The molecular formula is C13H19N3O3. The molecular weight excluding hydrogens is 246 g/mol. The number of anilines is 1. The van der Waals surface area contributed by atoms with Crippen LogP contribution in [-0.4, -0.2) is 33.7 Å². The molecule has 0 spiro atoms. The second kappa shape index (κ2) is 6.36. The van der Waals surface area contributed by atoms with Crippen LogP contribution in [0.1, 0.15) is 32.6 Å². The van der Waals surface area contributed by atoms with E-state index in [1.54, 1.807) is 12.4 Å². The Kier molecular flexibility index (Phi) is 4.54. The standard InChI is InChI=1S/C13H19N3O3/c1-2-5-19-12-8-14-7-11(16-12)15-10(6-13(17)18)9-3-4-9/h7-10H,2-6H2,1H3,(H,15,16)(H,17,18). The Hall–Kier alpha value is -1.85. The maximum absolute atomic E-state index is 10.8. The third-order valence-corrected chi connectivity index (χ3v) is 2.99. The Morgan fingerprint density at radius 3 is 3.00 bits per heavy atom.